The SMILES string of the molecule is Cc1cc2ncc(C(=O)N3CCCN(Cc4ccccn4)CC3)c(C)n2n1. The first kappa shape index (κ1) is 17.6. The van der Waals surface area contributed by atoms with E-state index in [4.69, 9.17) is 0 Å². The second kappa shape index (κ2) is 7.44. The molecule has 0 aromatic carbocycles. The Morgan fingerprint density at radius 2 is 2.00 bits per heavy atom. The molecule has 3 aromatic heterocycles. The lowest BCUT2D eigenvalue weighted by molar-refractivity contribution is 0.0759. The average Bonchev–Trinajstić information content (AvgIpc) is 2.91. The van der Waals surface area contributed by atoms with Gasteiger partial charge in [0.05, 0.1) is 22.6 Å². The summed E-state index contributed by atoms with van der Waals surface area (Å²) in [4.78, 5) is 26.2. The first-order valence-electron chi connectivity index (χ1n) is 9.35. The van der Waals surface area contributed by atoms with Crippen LogP contribution < -0.4 is 0 Å². The molecule has 1 aliphatic heterocycles. The largest absolute Gasteiger partial charge is 0.337 e. The summed E-state index contributed by atoms with van der Waals surface area (Å²) in [7, 11) is 0. The van der Waals surface area contributed by atoms with Gasteiger partial charge in [0.2, 0.25) is 0 Å². The van der Waals surface area contributed by atoms with Crippen molar-refractivity contribution in [3.8, 4) is 0 Å². The van der Waals surface area contributed by atoms with Gasteiger partial charge in [0.25, 0.3) is 5.91 Å². The molecule has 7 heteroatoms. The lowest BCUT2D eigenvalue weighted by atomic mass is 10.2. The Balaban J connectivity index is 1.47. The Kier molecular flexibility index (Phi) is 4.85. The van der Waals surface area contributed by atoms with E-state index in [-0.39, 0.29) is 5.91 Å². The van der Waals surface area contributed by atoms with Gasteiger partial charge < -0.3 is 4.90 Å². The molecule has 1 fully saturated rings. The van der Waals surface area contributed by atoms with Crippen LogP contribution in [0.1, 0.15) is 33.9 Å². The number of amides is 1. The van der Waals surface area contributed by atoms with Crippen molar-refractivity contribution in [3.05, 3.63) is 59.3 Å². The van der Waals surface area contributed by atoms with Crippen molar-refractivity contribution in [2.45, 2.75) is 26.8 Å². The number of carbonyl (C=O) groups excluding carboxylic acids is 1. The van der Waals surface area contributed by atoms with Gasteiger partial charge in [-0.05, 0) is 32.4 Å². The van der Waals surface area contributed by atoms with Gasteiger partial charge >= 0.3 is 0 Å². The molecule has 3 aromatic rings. The lowest BCUT2D eigenvalue weighted by Crippen LogP contribution is -2.35. The molecule has 27 heavy (non-hydrogen) atoms. The van der Waals surface area contributed by atoms with E-state index in [1.54, 1.807) is 10.7 Å². The maximum Gasteiger partial charge on any atom is 0.257 e. The molecule has 7 nitrogen and oxygen atoms in total. The van der Waals surface area contributed by atoms with Crippen molar-refractivity contribution in [1.29, 1.82) is 0 Å². The van der Waals surface area contributed by atoms with Crippen molar-refractivity contribution in [3.63, 3.8) is 0 Å². The third kappa shape index (κ3) is 3.68. The maximum atomic E-state index is 13.1. The van der Waals surface area contributed by atoms with Crippen LogP contribution in [0.5, 0.6) is 0 Å². The van der Waals surface area contributed by atoms with Crippen molar-refractivity contribution < 1.29 is 4.79 Å². The number of aryl methyl sites for hydroxylation is 2. The minimum atomic E-state index is 0.0368. The summed E-state index contributed by atoms with van der Waals surface area (Å²) in [6, 6.07) is 7.91. The Hall–Kier alpha value is -2.80. The average molecular weight is 364 g/mol. The molecule has 0 spiro atoms. The zero-order chi connectivity index (χ0) is 18.8. The van der Waals surface area contributed by atoms with E-state index in [1.807, 2.05) is 49.2 Å². The van der Waals surface area contributed by atoms with Gasteiger partial charge in [0.1, 0.15) is 0 Å². The van der Waals surface area contributed by atoms with E-state index in [0.29, 0.717) is 12.1 Å². The fraction of sp³-hybridized carbons (Fsp3) is 0.400. The van der Waals surface area contributed by atoms with Crippen molar-refractivity contribution in [1.82, 2.24) is 29.4 Å². The van der Waals surface area contributed by atoms with Crippen LogP contribution in [0.15, 0.2) is 36.7 Å². The van der Waals surface area contributed by atoms with Crippen LogP contribution >= 0.6 is 0 Å². The van der Waals surface area contributed by atoms with E-state index in [2.05, 4.69) is 20.0 Å². The summed E-state index contributed by atoms with van der Waals surface area (Å²) in [5, 5.41) is 4.45. The van der Waals surface area contributed by atoms with E-state index in [0.717, 1.165) is 55.3 Å². The Bertz CT molecular complexity index is 952. The number of carbonyl (C=O) groups is 1. The van der Waals surface area contributed by atoms with Gasteiger partial charge in [-0.25, -0.2) is 9.50 Å². The molecule has 0 saturated carbocycles. The number of pyridine rings is 1. The molecule has 0 unspecified atom stereocenters. The first-order chi connectivity index (χ1) is 13.1. The Morgan fingerprint density at radius 1 is 1.11 bits per heavy atom. The maximum absolute atomic E-state index is 13.1. The number of aromatic nitrogens is 4. The minimum Gasteiger partial charge on any atom is -0.337 e. The predicted octanol–water partition coefficient (Wildman–Crippen LogP) is 2.09. The monoisotopic (exact) mass is 364 g/mol. The smallest absolute Gasteiger partial charge is 0.257 e. The fourth-order valence-corrected chi connectivity index (χ4v) is 3.60. The van der Waals surface area contributed by atoms with Gasteiger partial charge in [0.15, 0.2) is 5.65 Å². The molecule has 4 rings (SSSR count). The molecule has 0 atom stereocenters. The summed E-state index contributed by atoms with van der Waals surface area (Å²) in [5.74, 6) is 0.0368. The standard InChI is InChI=1S/C20H24N6O/c1-15-12-19-22-13-18(16(2)26(19)23-15)20(27)25-9-5-8-24(10-11-25)14-17-6-3-4-7-21-17/h3-4,6-7,12-13H,5,8-11,14H2,1-2H3. The third-order valence-electron chi connectivity index (χ3n) is 5.06. The summed E-state index contributed by atoms with van der Waals surface area (Å²) < 4.78 is 1.76. The summed E-state index contributed by atoms with van der Waals surface area (Å²) in [5.41, 5.74) is 4.21. The van der Waals surface area contributed by atoms with Gasteiger partial charge in [0, 0.05) is 51.2 Å². The minimum absolute atomic E-state index is 0.0368. The molecule has 1 aliphatic rings. The Labute approximate surface area is 158 Å². The van der Waals surface area contributed by atoms with Gasteiger partial charge in [-0.3, -0.25) is 14.7 Å². The number of rotatable bonds is 3. The van der Waals surface area contributed by atoms with Gasteiger partial charge in [-0.15, -0.1) is 0 Å². The molecular weight excluding hydrogens is 340 g/mol. The quantitative estimate of drug-likeness (QED) is 0.712. The van der Waals surface area contributed by atoms with E-state index < -0.39 is 0 Å². The third-order valence-corrected chi connectivity index (χ3v) is 5.06. The zero-order valence-electron chi connectivity index (χ0n) is 15.8. The topological polar surface area (TPSA) is 66.6 Å². The molecule has 0 aliphatic carbocycles. The molecule has 140 valence electrons. The molecular formula is C20H24N6O. The van der Waals surface area contributed by atoms with E-state index in [9.17, 15) is 4.79 Å². The molecule has 1 saturated heterocycles. The molecule has 0 N–H and O–H groups in total. The number of hydrogen-bond donors (Lipinski definition) is 0. The summed E-state index contributed by atoms with van der Waals surface area (Å²) >= 11 is 0. The number of nitrogens with zero attached hydrogens (tertiary/aromatic N) is 6. The lowest BCUT2D eigenvalue weighted by Gasteiger charge is -2.22. The summed E-state index contributed by atoms with van der Waals surface area (Å²) in [6.45, 7) is 7.96. The normalized spacial score (nSPS) is 15.9. The highest BCUT2D eigenvalue weighted by Crippen LogP contribution is 2.15. The van der Waals surface area contributed by atoms with Gasteiger partial charge in [-0.1, -0.05) is 6.07 Å². The highest BCUT2D eigenvalue weighted by atomic mass is 16.2. The first-order valence-corrected chi connectivity index (χ1v) is 9.35. The van der Waals surface area contributed by atoms with Crippen LogP contribution in [-0.4, -0.2) is 61.5 Å². The van der Waals surface area contributed by atoms with Crippen LogP contribution in [0.3, 0.4) is 0 Å². The highest BCUT2D eigenvalue weighted by molar-refractivity contribution is 5.95. The number of hydrogen-bond acceptors (Lipinski definition) is 5. The zero-order valence-corrected chi connectivity index (χ0v) is 15.8. The Morgan fingerprint density at radius 3 is 2.81 bits per heavy atom. The van der Waals surface area contributed by atoms with E-state index in [1.165, 1.54) is 0 Å². The number of fused-ring (bicyclic) bond motifs is 1. The second-order valence-corrected chi connectivity index (χ2v) is 7.06. The van der Waals surface area contributed by atoms with Crippen LogP contribution in [0, 0.1) is 13.8 Å². The molecule has 0 bridgehead atoms. The van der Waals surface area contributed by atoms with E-state index >= 15 is 0 Å². The second-order valence-electron chi connectivity index (χ2n) is 7.06. The molecule has 4 heterocycles. The summed E-state index contributed by atoms with van der Waals surface area (Å²) in [6.07, 6.45) is 4.46. The molecule has 0 radical (unpaired) electrons. The molecule has 1 amide bonds. The fourth-order valence-electron chi connectivity index (χ4n) is 3.60. The van der Waals surface area contributed by atoms with Gasteiger partial charge in [-0.2, -0.15) is 5.10 Å². The van der Waals surface area contributed by atoms with Crippen molar-refractivity contribution in [2.75, 3.05) is 26.2 Å². The van der Waals surface area contributed by atoms with Crippen molar-refractivity contribution in [2.24, 2.45) is 0 Å². The van der Waals surface area contributed by atoms with Crippen LogP contribution in [-0.2, 0) is 6.54 Å². The van der Waals surface area contributed by atoms with Crippen LogP contribution in [0.2, 0.25) is 0 Å². The highest BCUT2D eigenvalue weighted by Gasteiger charge is 2.23. The van der Waals surface area contributed by atoms with Crippen molar-refractivity contribution >= 4 is 11.6 Å². The van der Waals surface area contributed by atoms with Crippen LogP contribution in [0.4, 0.5) is 0 Å². The van der Waals surface area contributed by atoms with Crippen LogP contribution in [0.25, 0.3) is 5.65 Å². The predicted molar refractivity (Wildman–Crippen MR) is 102 cm³/mol.